The molecule has 0 bridgehead atoms. The number of alkyl halides is 2. The first-order chi connectivity index (χ1) is 14.8. The molecule has 168 valence electrons. The van der Waals surface area contributed by atoms with Crippen molar-refractivity contribution < 1.29 is 27.1 Å². The van der Waals surface area contributed by atoms with Gasteiger partial charge in [-0.3, -0.25) is 13.9 Å². The summed E-state index contributed by atoms with van der Waals surface area (Å²) in [6.45, 7) is 1.07. The van der Waals surface area contributed by atoms with Crippen LogP contribution in [-0.2, 0) is 6.54 Å². The van der Waals surface area contributed by atoms with Crippen LogP contribution in [0.1, 0.15) is 60.3 Å². The molecule has 2 fully saturated rings. The van der Waals surface area contributed by atoms with Crippen molar-refractivity contribution in [1.29, 1.82) is 0 Å². The van der Waals surface area contributed by atoms with Gasteiger partial charge in [0.2, 0.25) is 5.89 Å². The van der Waals surface area contributed by atoms with Gasteiger partial charge in [0.15, 0.2) is 0 Å². The fraction of sp³-hybridized carbons (Fsp3) is 0.550. The normalized spacial score (nSPS) is 27.1. The van der Waals surface area contributed by atoms with Crippen LogP contribution in [0.25, 0.3) is 11.5 Å². The third-order valence-electron chi connectivity index (χ3n) is 6.45. The molecule has 5 rings (SSSR count). The van der Waals surface area contributed by atoms with Gasteiger partial charge in [-0.15, -0.1) is 21.0 Å². The fourth-order valence-electron chi connectivity index (χ4n) is 5.02. The maximum atomic E-state index is 13.3. The molecule has 3 aliphatic rings. The van der Waals surface area contributed by atoms with E-state index in [2.05, 4.69) is 10.2 Å². The van der Waals surface area contributed by atoms with Gasteiger partial charge in [-0.1, -0.05) is 18.9 Å². The monoisotopic (exact) mass is 454 g/mol. The molecule has 1 aromatic carbocycles. The van der Waals surface area contributed by atoms with Gasteiger partial charge >= 0.3 is 6.43 Å². The highest BCUT2D eigenvalue weighted by Gasteiger charge is 2.44. The summed E-state index contributed by atoms with van der Waals surface area (Å²) in [6, 6.07) is 4.91. The van der Waals surface area contributed by atoms with Crippen LogP contribution in [0.3, 0.4) is 0 Å². The van der Waals surface area contributed by atoms with Crippen molar-refractivity contribution in [3.05, 3.63) is 35.2 Å². The van der Waals surface area contributed by atoms with Crippen molar-refractivity contribution in [1.82, 2.24) is 19.4 Å². The summed E-state index contributed by atoms with van der Waals surface area (Å²) in [5, 5.41) is 7.01. The number of nitrogens with zero attached hydrogens (tertiary/aromatic N) is 4. The van der Waals surface area contributed by atoms with Crippen LogP contribution in [-0.4, -0.2) is 58.8 Å². The van der Waals surface area contributed by atoms with Crippen LogP contribution in [0.5, 0.6) is 0 Å². The van der Waals surface area contributed by atoms with Gasteiger partial charge in [0.1, 0.15) is 0 Å². The third kappa shape index (κ3) is 3.63. The van der Waals surface area contributed by atoms with E-state index < -0.39 is 23.1 Å². The maximum absolute atomic E-state index is 13.3. The first-order valence-corrected chi connectivity index (χ1v) is 12.1. The number of hydrogen-bond donors (Lipinski definition) is 2. The van der Waals surface area contributed by atoms with Crippen LogP contribution in [0, 0.1) is 0 Å². The molecule has 8 nitrogen and oxygen atoms in total. The second-order valence-corrected chi connectivity index (χ2v) is 10.4. The largest absolute Gasteiger partial charge is 0.415 e. The predicted molar refractivity (Wildman–Crippen MR) is 110 cm³/mol. The van der Waals surface area contributed by atoms with Gasteiger partial charge in [-0.25, -0.2) is 4.31 Å². The Morgan fingerprint density at radius 1 is 1.13 bits per heavy atom. The Morgan fingerprint density at radius 3 is 2.58 bits per heavy atom. The average molecular weight is 454 g/mol. The number of amides is 1. The molecule has 1 amide bonds. The molecule has 3 heterocycles. The molecule has 0 unspecified atom stereocenters. The number of halogens is 2. The molecular weight excluding hydrogens is 430 g/mol. The Morgan fingerprint density at radius 2 is 1.90 bits per heavy atom. The quantitative estimate of drug-likeness (QED) is 0.709. The first-order valence-electron chi connectivity index (χ1n) is 10.4. The second-order valence-electron chi connectivity index (χ2n) is 8.30. The van der Waals surface area contributed by atoms with E-state index in [1.54, 1.807) is 18.2 Å². The standard InChI is InChI=1S/C20H24F2N4O4S/c21-17(22)19-24-23-18(30-19)12-6-7-13-11-25(20(27)14(13)10-12)15-4-1-2-5-16(15)26-8-3-9-31(26,28)29/h6-7,10,15-17,28-29H,1-5,8-9,11H2/t15-,16-/m1/s1. The molecule has 2 aromatic rings. The molecule has 1 aromatic heterocycles. The molecule has 2 N–H and O–H groups in total. The van der Waals surface area contributed by atoms with Gasteiger partial charge in [0, 0.05) is 36.3 Å². The summed E-state index contributed by atoms with van der Waals surface area (Å²) in [5.41, 5.74) is 1.76. The predicted octanol–water partition coefficient (Wildman–Crippen LogP) is 4.31. The van der Waals surface area contributed by atoms with Gasteiger partial charge in [0.25, 0.3) is 11.8 Å². The summed E-state index contributed by atoms with van der Waals surface area (Å²) in [5.74, 6) is -0.555. The van der Waals surface area contributed by atoms with E-state index in [4.69, 9.17) is 4.42 Å². The zero-order valence-electron chi connectivity index (χ0n) is 16.8. The SMILES string of the molecule is O=C1c2cc(-c3nnc(C(F)F)o3)ccc2CN1[C@@H]1CCCC[C@H]1N1CCCS1(O)O. The minimum Gasteiger partial charge on any atom is -0.415 e. The molecule has 2 aliphatic heterocycles. The Hall–Kier alpha value is -2.08. The number of benzene rings is 1. The van der Waals surface area contributed by atoms with E-state index in [1.165, 1.54) is 0 Å². The molecular formula is C20H24F2N4O4S. The Balaban J connectivity index is 1.41. The number of rotatable bonds is 4. The van der Waals surface area contributed by atoms with Gasteiger partial charge in [-0.2, -0.15) is 8.78 Å². The Bertz CT molecular complexity index is 1000. The summed E-state index contributed by atoms with van der Waals surface area (Å²) >= 11 is 0. The van der Waals surface area contributed by atoms with Gasteiger partial charge < -0.3 is 9.32 Å². The van der Waals surface area contributed by atoms with Crippen molar-refractivity contribution in [2.75, 3.05) is 12.3 Å². The number of carbonyl (C=O) groups excluding carboxylic acids is 1. The van der Waals surface area contributed by atoms with Gasteiger partial charge in [0.05, 0.1) is 5.75 Å². The summed E-state index contributed by atoms with van der Waals surface area (Å²) in [7, 11) is -2.78. The molecule has 2 atom stereocenters. The lowest BCUT2D eigenvalue weighted by atomic mass is 9.89. The van der Waals surface area contributed by atoms with Crippen LogP contribution in [0.4, 0.5) is 8.78 Å². The van der Waals surface area contributed by atoms with Crippen LogP contribution >= 0.6 is 10.8 Å². The van der Waals surface area contributed by atoms with E-state index in [0.717, 1.165) is 37.7 Å². The lowest BCUT2D eigenvalue weighted by Crippen LogP contribution is -2.53. The van der Waals surface area contributed by atoms with Crippen LogP contribution < -0.4 is 0 Å². The molecule has 11 heteroatoms. The summed E-state index contributed by atoms with van der Waals surface area (Å²) in [4.78, 5) is 15.1. The highest BCUT2D eigenvalue weighted by molar-refractivity contribution is 8.22. The molecule has 1 saturated heterocycles. The van der Waals surface area contributed by atoms with E-state index in [-0.39, 0.29) is 23.9 Å². The molecule has 31 heavy (non-hydrogen) atoms. The zero-order valence-corrected chi connectivity index (χ0v) is 17.6. The number of fused-ring (bicyclic) bond motifs is 1. The number of hydrogen-bond acceptors (Lipinski definition) is 7. The van der Waals surface area contributed by atoms with Gasteiger partial charge in [-0.05, 0) is 37.0 Å². The average Bonchev–Trinajstić information content (AvgIpc) is 3.45. The minimum absolute atomic E-state index is 0.0501. The third-order valence-corrected chi connectivity index (χ3v) is 8.49. The van der Waals surface area contributed by atoms with Crippen LogP contribution in [0.15, 0.2) is 22.6 Å². The maximum Gasteiger partial charge on any atom is 0.314 e. The van der Waals surface area contributed by atoms with E-state index in [0.29, 0.717) is 30.0 Å². The first kappa shape index (κ1) is 20.8. The van der Waals surface area contributed by atoms with Crippen molar-refractivity contribution in [3.63, 3.8) is 0 Å². The Kier molecular flexibility index (Phi) is 5.24. The van der Waals surface area contributed by atoms with Crippen LogP contribution in [0.2, 0.25) is 0 Å². The topological polar surface area (TPSA) is 103 Å². The molecule has 1 aliphatic carbocycles. The van der Waals surface area contributed by atoms with E-state index >= 15 is 0 Å². The zero-order chi connectivity index (χ0) is 21.8. The van der Waals surface area contributed by atoms with E-state index in [9.17, 15) is 22.7 Å². The molecule has 0 radical (unpaired) electrons. The molecule has 0 spiro atoms. The smallest absolute Gasteiger partial charge is 0.314 e. The number of carbonyl (C=O) groups is 1. The highest BCUT2D eigenvalue weighted by Crippen LogP contribution is 2.52. The van der Waals surface area contributed by atoms with E-state index in [1.807, 2.05) is 9.21 Å². The Labute approximate surface area is 179 Å². The summed E-state index contributed by atoms with van der Waals surface area (Å²) in [6.07, 6.45) is 1.51. The fourth-order valence-corrected chi connectivity index (χ4v) is 6.87. The minimum atomic E-state index is -2.85. The highest BCUT2D eigenvalue weighted by atomic mass is 32.3. The molecule has 1 saturated carbocycles. The second kappa shape index (κ2) is 7.80. The summed E-state index contributed by atoms with van der Waals surface area (Å²) < 4.78 is 53.4. The number of aromatic nitrogens is 2. The van der Waals surface area contributed by atoms with Crippen molar-refractivity contribution in [2.24, 2.45) is 0 Å². The van der Waals surface area contributed by atoms with Crippen molar-refractivity contribution in [3.8, 4) is 11.5 Å². The van der Waals surface area contributed by atoms with Crippen molar-refractivity contribution in [2.45, 2.75) is 57.2 Å². The lowest BCUT2D eigenvalue weighted by Gasteiger charge is -2.48. The van der Waals surface area contributed by atoms with Crippen molar-refractivity contribution >= 4 is 16.7 Å². The lowest BCUT2D eigenvalue weighted by molar-refractivity contribution is 0.0520.